The number of halogens is 2. The highest BCUT2D eigenvalue weighted by Gasteiger charge is 2.14. The number of carbonyl (C=O) groups excluding carboxylic acids is 1. The number of hydrogen-bond acceptors (Lipinski definition) is 6. The Kier molecular flexibility index (Phi) is 6.62. The minimum absolute atomic E-state index is 0.0290. The van der Waals surface area contributed by atoms with Crippen LogP contribution in [0.2, 0.25) is 10.0 Å². The number of ether oxygens (including phenoxy) is 1. The molecule has 2 aromatic heterocycles. The normalized spacial score (nSPS) is 10.7. The fourth-order valence-electron chi connectivity index (χ4n) is 2.92. The van der Waals surface area contributed by atoms with Crippen molar-refractivity contribution in [3.63, 3.8) is 0 Å². The van der Waals surface area contributed by atoms with Gasteiger partial charge in [0.1, 0.15) is 18.1 Å². The number of benzene rings is 2. The summed E-state index contributed by atoms with van der Waals surface area (Å²) in [5.41, 5.74) is 0.882. The maximum Gasteiger partial charge on any atom is 0.292 e. The van der Waals surface area contributed by atoms with E-state index in [1.807, 2.05) is 6.07 Å². The lowest BCUT2D eigenvalue weighted by Crippen LogP contribution is -2.12. The lowest BCUT2D eigenvalue weighted by Gasteiger charge is -2.04. The van der Waals surface area contributed by atoms with Crippen LogP contribution in [0.3, 0.4) is 0 Å². The molecule has 4 rings (SSSR count). The summed E-state index contributed by atoms with van der Waals surface area (Å²) in [6.07, 6.45) is 1.73. The molecule has 0 saturated heterocycles. The summed E-state index contributed by atoms with van der Waals surface area (Å²) in [6, 6.07) is 15.8. The number of anilines is 1. The molecule has 168 valence electrons. The van der Waals surface area contributed by atoms with Gasteiger partial charge >= 0.3 is 0 Å². The van der Waals surface area contributed by atoms with Crippen LogP contribution in [0.5, 0.6) is 5.75 Å². The first-order valence-corrected chi connectivity index (χ1v) is 10.4. The first-order chi connectivity index (χ1) is 15.9. The molecule has 0 bridgehead atoms. The monoisotopic (exact) mass is 486 g/mol. The number of amides is 1. The molecule has 2 aromatic carbocycles. The molecule has 0 atom stereocenters. The molecule has 0 spiro atoms. The van der Waals surface area contributed by atoms with Crippen LogP contribution >= 0.6 is 23.2 Å². The van der Waals surface area contributed by atoms with Gasteiger partial charge in [0, 0.05) is 24.4 Å². The molecule has 33 heavy (non-hydrogen) atoms. The summed E-state index contributed by atoms with van der Waals surface area (Å²) in [4.78, 5) is 22.7. The topological polar surface area (TPSA) is 112 Å². The van der Waals surface area contributed by atoms with Gasteiger partial charge in [-0.15, -0.1) is 0 Å². The Morgan fingerprint density at radius 3 is 2.61 bits per heavy atom. The maximum absolute atomic E-state index is 12.5. The SMILES string of the molecule is O=C(Nc1ccn(Cc2ccc(Cl)c(Cl)c2)n1)c1ccc(COc2ccc([N+](=O)[O-])cc2)o1. The number of nitro benzene ring substituents is 1. The van der Waals surface area contributed by atoms with Crippen LogP contribution in [0, 0.1) is 10.1 Å². The van der Waals surface area contributed by atoms with Crippen LogP contribution in [0.25, 0.3) is 0 Å². The molecule has 4 aromatic rings. The lowest BCUT2D eigenvalue weighted by atomic mass is 10.2. The van der Waals surface area contributed by atoms with Crippen LogP contribution in [0.15, 0.2) is 71.3 Å². The van der Waals surface area contributed by atoms with Gasteiger partial charge < -0.3 is 14.5 Å². The van der Waals surface area contributed by atoms with E-state index in [4.69, 9.17) is 32.4 Å². The minimum atomic E-state index is -0.489. The highest BCUT2D eigenvalue weighted by Crippen LogP contribution is 2.23. The van der Waals surface area contributed by atoms with Gasteiger partial charge in [0.15, 0.2) is 11.6 Å². The highest BCUT2D eigenvalue weighted by molar-refractivity contribution is 6.42. The Bertz CT molecular complexity index is 1300. The number of nitrogens with zero attached hydrogens (tertiary/aromatic N) is 3. The molecule has 0 aliphatic carbocycles. The average Bonchev–Trinajstić information content (AvgIpc) is 3.45. The van der Waals surface area contributed by atoms with E-state index in [9.17, 15) is 14.9 Å². The van der Waals surface area contributed by atoms with Gasteiger partial charge in [-0.05, 0) is 42.0 Å². The molecule has 0 aliphatic rings. The number of rotatable bonds is 8. The molecule has 1 amide bonds. The molecule has 0 fully saturated rings. The Hall–Kier alpha value is -3.82. The molecular weight excluding hydrogens is 471 g/mol. The van der Waals surface area contributed by atoms with E-state index in [0.717, 1.165) is 5.56 Å². The molecule has 0 radical (unpaired) electrons. The summed E-state index contributed by atoms with van der Waals surface area (Å²) in [6.45, 7) is 0.515. The van der Waals surface area contributed by atoms with Gasteiger partial charge in [0.2, 0.25) is 0 Å². The smallest absolute Gasteiger partial charge is 0.292 e. The predicted octanol–water partition coefficient (Wildman–Crippen LogP) is 5.57. The van der Waals surface area contributed by atoms with Crippen molar-refractivity contribution in [3.05, 3.63) is 104 Å². The third-order valence-electron chi connectivity index (χ3n) is 4.52. The summed E-state index contributed by atoms with van der Waals surface area (Å²) < 4.78 is 12.7. The van der Waals surface area contributed by atoms with E-state index in [2.05, 4.69) is 10.4 Å². The fraction of sp³-hybridized carbons (Fsp3) is 0.0909. The van der Waals surface area contributed by atoms with Crippen molar-refractivity contribution in [1.82, 2.24) is 9.78 Å². The first-order valence-electron chi connectivity index (χ1n) is 9.62. The van der Waals surface area contributed by atoms with E-state index in [-0.39, 0.29) is 18.1 Å². The van der Waals surface area contributed by atoms with E-state index in [1.54, 1.807) is 35.1 Å². The van der Waals surface area contributed by atoms with Crippen LogP contribution in [-0.4, -0.2) is 20.6 Å². The summed E-state index contributed by atoms with van der Waals surface area (Å²) in [5, 5.41) is 18.6. The van der Waals surface area contributed by atoms with Gasteiger partial charge in [-0.2, -0.15) is 5.10 Å². The molecular formula is C22H16Cl2N4O5. The molecule has 0 unspecified atom stereocenters. The van der Waals surface area contributed by atoms with E-state index in [0.29, 0.717) is 33.9 Å². The second-order valence-electron chi connectivity index (χ2n) is 6.91. The highest BCUT2D eigenvalue weighted by atomic mass is 35.5. The molecule has 0 saturated carbocycles. The first kappa shape index (κ1) is 22.4. The Morgan fingerprint density at radius 2 is 1.88 bits per heavy atom. The van der Waals surface area contributed by atoms with Gasteiger partial charge in [0.05, 0.1) is 21.5 Å². The zero-order valence-electron chi connectivity index (χ0n) is 16.9. The second-order valence-corrected chi connectivity index (χ2v) is 7.72. The number of hydrogen-bond donors (Lipinski definition) is 1. The zero-order chi connectivity index (χ0) is 23.4. The number of furan rings is 1. The third kappa shape index (κ3) is 5.71. The maximum atomic E-state index is 12.5. The van der Waals surface area contributed by atoms with Crippen molar-refractivity contribution >= 4 is 40.6 Å². The van der Waals surface area contributed by atoms with E-state index < -0.39 is 10.8 Å². The molecule has 2 heterocycles. The Balaban J connectivity index is 1.32. The molecule has 9 nitrogen and oxygen atoms in total. The van der Waals surface area contributed by atoms with Crippen LogP contribution in [-0.2, 0) is 13.2 Å². The average molecular weight is 487 g/mol. The van der Waals surface area contributed by atoms with Crippen molar-refractivity contribution < 1.29 is 18.9 Å². The van der Waals surface area contributed by atoms with Crippen LogP contribution < -0.4 is 10.1 Å². The van der Waals surface area contributed by atoms with Crippen molar-refractivity contribution in [2.24, 2.45) is 0 Å². The Morgan fingerprint density at radius 1 is 1.09 bits per heavy atom. The molecule has 11 heteroatoms. The van der Waals surface area contributed by atoms with Crippen LogP contribution in [0.1, 0.15) is 21.9 Å². The van der Waals surface area contributed by atoms with Crippen molar-refractivity contribution in [1.29, 1.82) is 0 Å². The quantitative estimate of drug-likeness (QED) is 0.257. The van der Waals surface area contributed by atoms with Gasteiger partial charge in [-0.3, -0.25) is 19.6 Å². The molecule has 0 aliphatic heterocycles. The predicted molar refractivity (Wildman–Crippen MR) is 122 cm³/mol. The molecule has 1 N–H and O–H groups in total. The summed E-state index contributed by atoms with van der Waals surface area (Å²) >= 11 is 12.0. The largest absolute Gasteiger partial charge is 0.486 e. The van der Waals surface area contributed by atoms with Gasteiger partial charge in [-0.1, -0.05) is 29.3 Å². The Labute approximate surface area is 197 Å². The van der Waals surface area contributed by atoms with Crippen molar-refractivity contribution in [2.45, 2.75) is 13.2 Å². The lowest BCUT2D eigenvalue weighted by molar-refractivity contribution is -0.384. The third-order valence-corrected chi connectivity index (χ3v) is 5.26. The summed E-state index contributed by atoms with van der Waals surface area (Å²) in [5.74, 6) is 0.854. The second kappa shape index (κ2) is 9.76. The fourth-order valence-corrected chi connectivity index (χ4v) is 3.24. The minimum Gasteiger partial charge on any atom is -0.486 e. The van der Waals surface area contributed by atoms with E-state index >= 15 is 0 Å². The van der Waals surface area contributed by atoms with Crippen molar-refractivity contribution in [3.8, 4) is 5.75 Å². The van der Waals surface area contributed by atoms with Crippen molar-refractivity contribution in [2.75, 3.05) is 5.32 Å². The summed E-state index contributed by atoms with van der Waals surface area (Å²) in [7, 11) is 0. The zero-order valence-corrected chi connectivity index (χ0v) is 18.4. The standard InChI is InChI=1S/C22H16Cl2N4O5/c23-18-7-1-14(11-19(18)24)12-27-10-9-21(26-27)25-22(29)20-8-6-17(33-20)13-32-16-4-2-15(3-5-16)28(30)31/h1-11H,12-13H2,(H,25,26,29). The van der Waals surface area contributed by atoms with Gasteiger partial charge in [0.25, 0.3) is 11.6 Å². The number of carbonyl (C=O) groups is 1. The van der Waals surface area contributed by atoms with Gasteiger partial charge in [-0.25, -0.2) is 0 Å². The number of aromatic nitrogens is 2. The number of non-ortho nitro benzene ring substituents is 1. The number of nitro groups is 1. The number of nitrogens with one attached hydrogen (secondary N) is 1. The van der Waals surface area contributed by atoms with Crippen LogP contribution in [0.4, 0.5) is 11.5 Å². The van der Waals surface area contributed by atoms with E-state index in [1.165, 1.54) is 30.3 Å².